The summed E-state index contributed by atoms with van der Waals surface area (Å²) in [4.78, 5) is 2.01. The van der Waals surface area contributed by atoms with Crippen LogP contribution in [-0.4, -0.2) is 34.1 Å². The van der Waals surface area contributed by atoms with Crippen LogP contribution in [0.25, 0.3) is 0 Å². The van der Waals surface area contributed by atoms with E-state index in [0.29, 0.717) is 25.0 Å². The molecule has 0 atom stereocenters. The third kappa shape index (κ3) is 2.42. The highest BCUT2D eigenvalue weighted by Gasteiger charge is 2.35. The summed E-state index contributed by atoms with van der Waals surface area (Å²) in [6.07, 6.45) is 0. The summed E-state index contributed by atoms with van der Waals surface area (Å²) in [5.74, 6) is 0.740. The molecule has 1 aromatic rings. The molecular weight excluding hydrogens is 264 g/mol. The monoisotopic (exact) mass is 281 g/mol. The van der Waals surface area contributed by atoms with Gasteiger partial charge in [-0.1, -0.05) is 25.4 Å². The number of halogens is 1. The average molecular weight is 282 g/mol. The third-order valence-corrected chi connectivity index (χ3v) is 3.66. The minimum Gasteiger partial charge on any atom is -0.469 e. The lowest BCUT2D eigenvalue weighted by Crippen LogP contribution is -2.47. The number of rotatable bonds is 1. The summed E-state index contributed by atoms with van der Waals surface area (Å²) in [6, 6.07) is 3.89. The summed E-state index contributed by atoms with van der Waals surface area (Å²) in [7, 11) is 1.63. The number of ether oxygens (including phenoxy) is 1. The first-order valence-electron chi connectivity index (χ1n) is 6.37. The van der Waals surface area contributed by atoms with Gasteiger partial charge in [0.15, 0.2) is 12.5 Å². The lowest BCUT2D eigenvalue weighted by molar-refractivity contribution is 0.0343. The standard InChI is InChI=1S/C13H17BClNO3/c1-13(2)6-18-14(19-7-13)9-4-10(15)12-11(5-9)16(3)8-17-12/h4-5H,6-8H2,1-3H3. The van der Waals surface area contributed by atoms with Crippen LogP contribution in [0, 0.1) is 5.41 Å². The largest absolute Gasteiger partial charge is 0.494 e. The van der Waals surface area contributed by atoms with Crippen LogP contribution in [0.2, 0.25) is 5.02 Å². The van der Waals surface area contributed by atoms with Gasteiger partial charge in [-0.3, -0.25) is 0 Å². The molecule has 0 spiro atoms. The fraction of sp³-hybridized carbons (Fsp3) is 0.538. The molecule has 1 aromatic carbocycles. The van der Waals surface area contributed by atoms with Crippen LogP contribution in [0.15, 0.2) is 12.1 Å². The maximum atomic E-state index is 6.25. The van der Waals surface area contributed by atoms with E-state index in [9.17, 15) is 0 Å². The van der Waals surface area contributed by atoms with Gasteiger partial charge >= 0.3 is 7.12 Å². The topological polar surface area (TPSA) is 30.9 Å². The SMILES string of the molecule is CN1COc2c(Cl)cc(B3OCC(C)(C)CO3)cc21. The second kappa shape index (κ2) is 4.58. The first kappa shape index (κ1) is 13.1. The van der Waals surface area contributed by atoms with Crippen molar-refractivity contribution in [2.45, 2.75) is 13.8 Å². The number of hydrogen-bond acceptors (Lipinski definition) is 4. The highest BCUT2D eigenvalue weighted by Crippen LogP contribution is 2.38. The van der Waals surface area contributed by atoms with E-state index in [2.05, 4.69) is 13.8 Å². The predicted octanol–water partition coefficient (Wildman–Crippen LogP) is 1.89. The van der Waals surface area contributed by atoms with Gasteiger partial charge < -0.3 is 18.9 Å². The lowest BCUT2D eigenvalue weighted by atomic mass is 9.75. The predicted molar refractivity (Wildman–Crippen MR) is 76.4 cm³/mol. The van der Waals surface area contributed by atoms with Gasteiger partial charge in [-0.05, 0) is 17.6 Å². The van der Waals surface area contributed by atoms with Crippen molar-refractivity contribution >= 4 is 29.9 Å². The Morgan fingerprint density at radius 2 is 1.95 bits per heavy atom. The molecule has 0 aromatic heterocycles. The van der Waals surface area contributed by atoms with Crippen molar-refractivity contribution in [2.24, 2.45) is 5.41 Å². The van der Waals surface area contributed by atoms with Crippen molar-refractivity contribution in [1.29, 1.82) is 0 Å². The zero-order valence-corrected chi connectivity index (χ0v) is 12.2. The van der Waals surface area contributed by atoms with E-state index in [1.807, 2.05) is 24.1 Å². The average Bonchev–Trinajstić information content (AvgIpc) is 2.72. The van der Waals surface area contributed by atoms with Gasteiger partial charge in [-0.15, -0.1) is 0 Å². The quantitative estimate of drug-likeness (QED) is 0.736. The Hall–Kier alpha value is -0.905. The Kier molecular flexibility index (Phi) is 3.16. The highest BCUT2D eigenvalue weighted by molar-refractivity contribution is 6.62. The van der Waals surface area contributed by atoms with Crippen LogP contribution in [0.4, 0.5) is 5.69 Å². The maximum absolute atomic E-state index is 6.25. The Labute approximate surface area is 118 Å². The van der Waals surface area contributed by atoms with Crippen LogP contribution in [-0.2, 0) is 9.31 Å². The number of benzene rings is 1. The molecule has 102 valence electrons. The molecule has 1 fully saturated rings. The summed E-state index contributed by atoms with van der Waals surface area (Å²) < 4.78 is 17.1. The van der Waals surface area contributed by atoms with E-state index < -0.39 is 0 Å². The summed E-state index contributed by atoms with van der Waals surface area (Å²) in [5.41, 5.74) is 1.99. The van der Waals surface area contributed by atoms with Gasteiger partial charge in [0.1, 0.15) is 0 Å². The fourth-order valence-electron chi connectivity index (χ4n) is 2.28. The summed E-state index contributed by atoms with van der Waals surface area (Å²) in [6.45, 7) is 6.14. The van der Waals surface area contributed by atoms with Crippen molar-refractivity contribution < 1.29 is 14.0 Å². The van der Waals surface area contributed by atoms with Gasteiger partial charge in [-0.2, -0.15) is 0 Å². The van der Waals surface area contributed by atoms with Crippen LogP contribution in [0.3, 0.4) is 0 Å². The molecule has 19 heavy (non-hydrogen) atoms. The summed E-state index contributed by atoms with van der Waals surface area (Å²) in [5, 5.41) is 0.605. The smallest absolute Gasteiger partial charge is 0.469 e. The molecule has 0 radical (unpaired) electrons. The van der Waals surface area contributed by atoms with Crippen LogP contribution >= 0.6 is 11.6 Å². The van der Waals surface area contributed by atoms with E-state index in [0.717, 1.165) is 16.9 Å². The first-order chi connectivity index (χ1) is 8.96. The fourth-order valence-corrected chi connectivity index (χ4v) is 2.55. The van der Waals surface area contributed by atoms with E-state index in [-0.39, 0.29) is 12.5 Å². The molecular formula is C13H17BClNO3. The Balaban J connectivity index is 1.87. The Morgan fingerprint density at radius 1 is 1.26 bits per heavy atom. The second-order valence-electron chi connectivity index (χ2n) is 5.94. The molecule has 2 aliphatic heterocycles. The molecule has 2 heterocycles. The van der Waals surface area contributed by atoms with Gasteiger partial charge in [0.25, 0.3) is 0 Å². The van der Waals surface area contributed by atoms with Gasteiger partial charge in [0.2, 0.25) is 0 Å². The Morgan fingerprint density at radius 3 is 2.63 bits per heavy atom. The van der Waals surface area contributed by atoms with Crippen molar-refractivity contribution in [3.8, 4) is 5.75 Å². The summed E-state index contributed by atoms with van der Waals surface area (Å²) >= 11 is 6.25. The molecule has 4 nitrogen and oxygen atoms in total. The molecule has 0 bridgehead atoms. The van der Waals surface area contributed by atoms with Crippen LogP contribution in [0.5, 0.6) is 5.75 Å². The zero-order valence-electron chi connectivity index (χ0n) is 11.4. The molecule has 0 unspecified atom stereocenters. The third-order valence-electron chi connectivity index (χ3n) is 3.38. The molecule has 0 amide bonds. The molecule has 1 saturated heterocycles. The molecule has 6 heteroatoms. The number of nitrogens with zero attached hydrogens (tertiary/aromatic N) is 1. The van der Waals surface area contributed by atoms with Crippen LogP contribution in [0.1, 0.15) is 13.8 Å². The van der Waals surface area contributed by atoms with Gasteiger partial charge in [-0.25, -0.2) is 0 Å². The molecule has 0 N–H and O–H groups in total. The van der Waals surface area contributed by atoms with E-state index >= 15 is 0 Å². The highest BCUT2D eigenvalue weighted by atomic mass is 35.5. The van der Waals surface area contributed by atoms with Crippen molar-refractivity contribution in [3.05, 3.63) is 17.2 Å². The van der Waals surface area contributed by atoms with Gasteiger partial charge in [0, 0.05) is 25.7 Å². The van der Waals surface area contributed by atoms with E-state index in [1.165, 1.54) is 0 Å². The molecule has 0 aliphatic carbocycles. The zero-order chi connectivity index (χ0) is 13.6. The first-order valence-corrected chi connectivity index (χ1v) is 6.75. The minimum atomic E-state index is -0.343. The van der Waals surface area contributed by atoms with Gasteiger partial charge in [0.05, 0.1) is 10.7 Å². The van der Waals surface area contributed by atoms with E-state index in [1.54, 1.807) is 0 Å². The molecule has 0 saturated carbocycles. The lowest BCUT2D eigenvalue weighted by Gasteiger charge is -2.33. The second-order valence-corrected chi connectivity index (χ2v) is 6.35. The maximum Gasteiger partial charge on any atom is 0.494 e. The molecule has 2 aliphatic rings. The van der Waals surface area contributed by atoms with Crippen LogP contribution < -0.4 is 15.1 Å². The van der Waals surface area contributed by atoms with Crippen molar-refractivity contribution in [2.75, 3.05) is 31.9 Å². The minimum absolute atomic E-state index is 0.0664. The van der Waals surface area contributed by atoms with Crippen molar-refractivity contribution in [1.82, 2.24) is 0 Å². The van der Waals surface area contributed by atoms with E-state index in [4.69, 9.17) is 25.6 Å². The Bertz CT molecular complexity index is 499. The normalized spacial score (nSPS) is 21.3. The number of hydrogen-bond donors (Lipinski definition) is 0. The molecule has 3 rings (SSSR count). The number of anilines is 1. The number of fused-ring (bicyclic) bond motifs is 1. The van der Waals surface area contributed by atoms with Crippen molar-refractivity contribution in [3.63, 3.8) is 0 Å².